The van der Waals surface area contributed by atoms with Gasteiger partial charge in [-0.05, 0) is 15.9 Å². The van der Waals surface area contributed by atoms with Gasteiger partial charge in [0.2, 0.25) is 12.2 Å². The molecule has 5 nitrogen and oxygen atoms in total. The van der Waals surface area contributed by atoms with Crippen LogP contribution in [0.15, 0.2) is 27.9 Å². The van der Waals surface area contributed by atoms with E-state index in [0.717, 1.165) is 0 Å². The molecule has 0 aromatic carbocycles. The maximum atomic E-state index is 4.56. The van der Waals surface area contributed by atoms with Gasteiger partial charge in [-0.3, -0.25) is 4.98 Å². The van der Waals surface area contributed by atoms with Crippen molar-refractivity contribution in [3.63, 3.8) is 0 Å². The van der Waals surface area contributed by atoms with Crippen molar-refractivity contribution in [1.29, 1.82) is 0 Å². The summed E-state index contributed by atoms with van der Waals surface area (Å²) >= 11 is 3.19. The minimum absolute atomic E-state index is 0.434. The Morgan fingerprint density at radius 3 is 2.92 bits per heavy atom. The first-order chi connectivity index (χ1) is 5.86. The van der Waals surface area contributed by atoms with Crippen molar-refractivity contribution in [1.82, 2.24) is 20.1 Å². The van der Waals surface area contributed by atoms with Gasteiger partial charge >= 0.3 is 0 Å². The molecule has 0 aliphatic rings. The molecule has 0 saturated carbocycles. The topological polar surface area (TPSA) is 64.7 Å². The Kier molecular flexibility index (Phi) is 1.83. The standard InChI is InChI=1S/C6H3BrN4O/c7-5-2-8-1-4(10-5)6-9-3-12-11-6/h1-3H. The maximum absolute atomic E-state index is 4.56. The molecule has 2 aromatic rings. The van der Waals surface area contributed by atoms with Crippen LogP contribution in [0.25, 0.3) is 11.5 Å². The van der Waals surface area contributed by atoms with Crippen LogP contribution in [0.1, 0.15) is 0 Å². The van der Waals surface area contributed by atoms with Gasteiger partial charge in [-0.1, -0.05) is 5.16 Å². The van der Waals surface area contributed by atoms with Gasteiger partial charge in [0.25, 0.3) is 0 Å². The van der Waals surface area contributed by atoms with E-state index in [0.29, 0.717) is 16.1 Å². The highest BCUT2D eigenvalue weighted by Gasteiger charge is 2.04. The number of halogens is 1. The van der Waals surface area contributed by atoms with E-state index in [1.54, 1.807) is 12.4 Å². The van der Waals surface area contributed by atoms with Gasteiger partial charge in [0, 0.05) is 0 Å². The van der Waals surface area contributed by atoms with Crippen LogP contribution in [0.4, 0.5) is 0 Å². The molecule has 0 aliphatic heterocycles. The van der Waals surface area contributed by atoms with Crippen LogP contribution in [-0.2, 0) is 0 Å². The second-order valence-corrected chi connectivity index (χ2v) is 2.79. The molecule has 0 amide bonds. The van der Waals surface area contributed by atoms with Gasteiger partial charge in [0.15, 0.2) is 0 Å². The van der Waals surface area contributed by atoms with Gasteiger partial charge in [-0.15, -0.1) is 0 Å². The average Bonchev–Trinajstić information content (AvgIpc) is 2.56. The Hall–Kier alpha value is -1.30. The minimum atomic E-state index is 0.434. The van der Waals surface area contributed by atoms with Gasteiger partial charge in [0.1, 0.15) is 10.3 Å². The summed E-state index contributed by atoms with van der Waals surface area (Å²) in [6.45, 7) is 0. The molecule has 0 radical (unpaired) electrons. The number of aromatic nitrogens is 4. The molecule has 2 rings (SSSR count). The number of hydrogen-bond acceptors (Lipinski definition) is 5. The molecular weight excluding hydrogens is 224 g/mol. The molecule has 60 valence electrons. The lowest BCUT2D eigenvalue weighted by molar-refractivity contribution is 0.418. The number of hydrogen-bond donors (Lipinski definition) is 0. The summed E-state index contributed by atoms with van der Waals surface area (Å²) in [4.78, 5) is 11.8. The second kappa shape index (κ2) is 2.98. The van der Waals surface area contributed by atoms with E-state index < -0.39 is 0 Å². The Morgan fingerprint density at radius 2 is 2.25 bits per heavy atom. The smallest absolute Gasteiger partial charge is 0.222 e. The zero-order chi connectivity index (χ0) is 8.39. The SMILES string of the molecule is Brc1cncc(-c2ncon2)n1. The zero-order valence-electron chi connectivity index (χ0n) is 5.81. The van der Waals surface area contributed by atoms with Gasteiger partial charge < -0.3 is 4.52 Å². The van der Waals surface area contributed by atoms with Crippen LogP contribution < -0.4 is 0 Å². The van der Waals surface area contributed by atoms with Crippen LogP contribution in [-0.4, -0.2) is 20.1 Å². The molecule has 0 aliphatic carbocycles. The van der Waals surface area contributed by atoms with E-state index in [4.69, 9.17) is 0 Å². The molecular formula is C6H3BrN4O. The molecule has 0 bridgehead atoms. The molecule has 0 N–H and O–H groups in total. The number of rotatable bonds is 1. The fraction of sp³-hybridized carbons (Fsp3) is 0. The highest BCUT2D eigenvalue weighted by atomic mass is 79.9. The second-order valence-electron chi connectivity index (χ2n) is 1.98. The summed E-state index contributed by atoms with van der Waals surface area (Å²) in [6.07, 6.45) is 4.40. The third kappa shape index (κ3) is 1.33. The molecule has 6 heteroatoms. The van der Waals surface area contributed by atoms with Crippen molar-refractivity contribution in [3.05, 3.63) is 23.4 Å². The molecule has 0 fully saturated rings. The van der Waals surface area contributed by atoms with E-state index >= 15 is 0 Å². The first kappa shape index (κ1) is 7.35. The summed E-state index contributed by atoms with van der Waals surface area (Å²) in [5.74, 6) is 0.434. The first-order valence-corrected chi connectivity index (χ1v) is 3.90. The zero-order valence-corrected chi connectivity index (χ0v) is 7.39. The Labute approximate surface area is 76.0 Å². The predicted molar refractivity (Wildman–Crippen MR) is 43.0 cm³/mol. The maximum Gasteiger partial charge on any atom is 0.222 e. The quantitative estimate of drug-likeness (QED) is 0.734. The summed E-state index contributed by atoms with van der Waals surface area (Å²) in [5.41, 5.74) is 0.582. The summed E-state index contributed by atoms with van der Waals surface area (Å²) in [6, 6.07) is 0. The summed E-state index contributed by atoms with van der Waals surface area (Å²) in [7, 11) is 0. The summed E-state index contributed by atoms with van der Waals surface area (Å²) < 4.78 is 5.21. The molecule has 2 heterocycles. The Morgan fingerprint density at radius 1 is 1.33 bits per heavy atom. The van der Waals surface area contributed by atoms with Crippen molar-refractivity contribution in [2.75, 3.05) is 0 Å². The van der Waals surface area contributed by atoms with Crippen LogP contribution in [0, 0.1) is 0 Å². The third-order valence-electron chi connectivity index (χ3n) is 1.20. The fourth-order valence-corrected chi connectivity index (χ4v) is 1.04. The highest BCUT2D eigenvalue weighted by Crippen LogP contribution is 2.12. The van der Waals surface area contributed by atoms with Crippen molar-refractivity contribution in [2.45, 2.75) is 0 Å². The van der Waals surface area contributed by atoms with E-state index in [-0.39, 0.29) is 0 Å². The van der Waals surface area contributed by atoms with Crippen LogP contribution in [0.3, 0.4) is 0 Å². The molecule has 0 atom stereocenters. The van der Waals surface area contributed by atoms with E-state index in [1.807, 2.05) is 0 Å². The van der Waals surface area contributed by atoms with Crippen molar-refractivity contribution in [2.24, 2.45) is 0 Å². The Balaban J connectivity index is 2.48. The lowest BCUT2D eigenvalue weighted by atomic mass is 10.4. The van der Waals surface area contributed by atoms with E-state index in [2.05, 4.69) is 40.6 Å². The summed E-state index contributed by atoms with van der Waals surface area (Å²) in [5, 5.41) is 3.62. The monoisotopic (exact) mass is 226 g/mol. The predicted octanol–water partition coefficient (Wildman–Crippen LogP) is 1.29. The lowest BCUT2D eigenvalue weighted by Crippen LogP contribution is -1.87. The minimum Gasteiger partial charge on any atom is -0.342 e. The van der Waals surface area contributed by atoms with Crippen LogP contribution >= 0.6 is 15.9 Å². The number of nitrogens with zero attached hydrogens (tertiary/aromatic N) is 4. The molecule has 0 saturated heterocycles. The van der Waals surface area contributed by atoms with Crippen molar-refractivity contribution >= 4 is 15.9 Å². The van der Waals surface area contributed by atoms with Gasteiger partial charge in [-0.25, -0.2) is 4.98 Å². The van der Waals surface area contributed by atoms with Gasteiger partial charge in [0.05, 0.1) is 12.4 Å². The highest BCUT2D eigenvalue weighted by molar-refractivity contribution is 9.10. The van der Waals surface area contributed by atoms with Crippen molar-refractivity contribution < 1.29 is 4.52 Å². The fourth-order valence-electron chi connectivity index (χ4n) is 0.733. The van der Waals surface area contributed by atoms with Gasteiger partial charge in [-0.2, -0.15) is 4.98 Å². The van der Waals surface area contributed by atoms with E-state index in [1.165, 1.54) is 6.39 Å². The van der Waals surface area contributed by atoms with Crippen LogP contribution in [0.2, 0.25) is 0 Å². The van der Waals surface area contributed by atoms with Crippen LogP contribution in [0.5, 0.6) is 0 Å². The van der Waals surface area contributed by atoms with Crippen molar-refractivity contribution in [3.8, 4) is 11.5 Å². The molecule has 0 spiro atoms. The van der Waals surface area contributed by atoms with E-state index in [9.17, 15) is 0 Å². The Bertz CT molecular complexity index is 375. The third-order valence-corrected chi connectivity index (χ3v) is 1.58. The average molecular weight is 227 g/mol. The molecule has 12 heavy (non-hydrogen) atoms. The normalized spacial score (nSPS) is 10.1. The first-order valence-electron chi connectivity index (χ1n) is 3.10. The molecule has 0 unspecified atom stereocenters. The largest absolute Gasteiger partial charge is 0.342 e. The molecule has 2 aromatic heterocycles. The lowest BCUT2D eigenvalue weighted by Gasteiger charge is -1.91.